The molecule has 17 heavy (non-hydrogen) atoms. The van der Waals surface area contributed by atoms with E-state index in [1.54, 1.807) is 7.11 Å². The number of hydrogen-bond donors (Lipinski definition) is 2. The molecular weight excluding hydrogens is 236 g/mol. The summed E-state index contributed by atoms with van der Waals surface area (Å²) >= 11 is 1.50. The first-order chi connectivity index (χ1) is 8.38. The number of aryl methyl sites for hydroxylation is 1. The largest absolute Gasteiger partial charge is 0.383 e. The topological polar surface area (TPSA) is 59.1 Å². The summed E-state index contributed by atoms with van der Waals surface area (Å²) in [6, 6.07) is 0. The monoisotopic (exact) mass is 258 g/mol. The van der Waals surface area contributed by atoms with E-state index in [0.29, 0.717) is 0 Å². The summed E-state index contributed by atoms with van der Waals surface area (Å²) in [6.07, 6.45) is 2.15. The standard InChI is InChI=1S/C11H22N4OS/c1-3-4-10-11(17-15-14-10)9-13-6-5-12-7-8-16-2/h12-13H,3-9H2,1-2H3. The molecule has 0 amide bonds. The molecule has 1 heterocycles. The van der Waals surface area contributed by atoms with Crippen molar-refractivity contribution in [2.45, 2.75) is 26.3 Å². The average molecular weight is 258 g/mol. The van der Waals surface area contributed by atoms with Crippen LogP contribution in [0.25, 0.3) is 0 Å². The first-order valence-corrected chi connectivity index (χ1v) is 6.86. The quantitative estimate of drug-likeness (QED) is 0.608. The molecule has 0 atom stereocenters. The van der Waals surface area contributed by atoms with Gasteiger partial charge in [-0.3, -0.25) is 0 Å². The number of hydrogen-bond acceptors (Lipinski definition) is 6. The van der Waals surface area contributed by atoms with Gasteiger partial charge in [0.2, 0.25) is 0 Å². The molecule has 6 heteroatoms. The van der Waals surface area contributed by atoms with Gasteiger partial charge in [-0.2, -0.15) is 0 Å². The second-order valence-corrected chi connectivity index (χ2v) is 4.65. The smallest absolute Gasteiger partial charge is 0.0800 e. The lowest BCUT2D eigenvalue weighted by Crippen LogP contribution is -2.29. The fraction of sp³-hybridized carbons (Fsp3) is 0.818. The van der Waals surface area contributed by atoms with Crippen molar-refractivity contribution >= 4 is 11.5 Å². The van der Waals surface area contributed by atoms with E-state index in [4.69, 9.17) is 4.74 Å². The zero-order valence-electron chi connectivity index (χ0n) is 10.7. The molecule has 1 aromatic rings. The second-order valence-electron chi connectivity index (χ2n) is 3.81. The Kier molecular flexibility index (Phi) is 8.08. The lowest BCUT2D eigenvalue weighted by atomic mass is 10.2. The van der Waals surface area contributed by atoms with Crippen LogP contribution in [-0.4, -0.2) is 42.9 Å². The van der Waals surface area contributed by atoms with Crippen molar-refractivity contribution in [2.24, 2.45) is 0 Å². The van der Waals surface area contributed by atoms with Crippen LogP contribution in [0.1, 0.15) is 23.9 Å². The Hall–Kier alpha value is -0.560. The summed E-state index contributed by atoms with van der Waals surface area (Å²) < 4.78 is 8.95. The molecule has 0 radical (unpaired) electrons. The molecule has 0 bridgehead atoms. The fourth-order valence-corrected chi connectivity index (χ4v) is 2.12. The Morgan fingerprint density at radius 1 is 1.24 bits per heavy atom. The molecule has 0 fully saturated rings. The minimum atomic E-state index is 0.763. The third-order valence-corrected chi connectivity index (χ3v) is 3.13. The Morgan fingerprint density at radius 2 is 2.06 bits per heavy atom. The van der Waals surface area contributed by atoms with Crippen LogP contribution in [0.2, 0.25) is 0 Å². The van der Waals surface area contributed by atoms with Crippen LogP contribution in [0.4, 0.5) is 0 Å². The number of nitrogens with one attached hydrogen (secondary N) is 2. The van der Waals surface area contributed by atoms with Gasteiger partial charge in [0.05, 0.1) is 17.2 Å². The molecule has 0 saturated carbocycles. The first-order valence-electron chi connectivity index (χ1n) is 6.09. The molecular formula is C11H22N4OS. The third-order valence-electron chi connectivity index (χ3n) is 2.37. The highest BCUT2D eigenvalue weighted by Crippen LogP contribution is 2.11. The average Bonchev–Trinajstić information content (AvgIpc) is 2.76. The van der Waals surface area contributed by atoms with Gasteiger partial charge in [-0.05, 0) is 18.0 Å². The predicted molar refractivity (Wildman–Crippen MR) is 70.4 cm³/mol. The van der Waals surface area contributed by atoms with Crippen LogP contribution in [0.3, 0.4) is 0 Å². The second kappa shape index (κ2) is 9.47. The van der Waals surface area contributed by atoms with E-state index in [1.165, 1.54) is 16.4 Å². The van der Waals surface area contributed by atoms with E-state index >= 15 is 0 Å². The minimum absolute atomic E-state index is 0.763. The molecule has 0 saturated heterocycles. The zero-order chi connectivity index (χ0) is 12.3. The first kappa shape index (κ1) is 14.5. The lowest BCUT2D eigenvalue weighted by Gasteiger charge is -2.05. The molecule has 2 N–H and O–H groups in total. The van der Waals surface area contributed by atoms with Gasteiger partial charge in [0.1, 0.15) is 0 Å². The molecule has 98 valence electrons. The van der Waals surface area contributed by atoms with Crippen molar-refractivity contribution in [1.82, 2.24) is 20.2 Å². The van der Waals surface area contributed by atoms with Crippen LogP contribution in [0.15, 0.2) is 0 Å². The molecule has 0 aliphatic carbocycles. The van der Waals surface area contributed by atoms with Crippen molar-refractivity contribution in [3.05, 3.63) is 10.6 Å². The van der Waals surface area contributed by atoms with Gasteiger partial charge in [0.15, 0.2) is 0 Å². The summed E-state index contributed by atoms with van der Waals surface area (Å²) in [5, 5.41) is 10.8. The maximum absolute atomic E-state index is 4.95. The Bertz CT molecular complexity index is 293. The van der Waals surface area contributed by atoms with Crippen molar-refractivity contribution in [1.29, 1.82) is 0 Å². The van der Waals surface area contributed by atoms with Crippen LogP contribution in [-0.2, 0) is 17.7 Å². The van der Waals surface area contributed by atoms with Crippen LogP contribution in [0, 0.1) is 0 Å². The molecule has 0 aliphatic rings. The molecule has 0 aliphatic heterocycles. The van der Waals surface area contributed by atoms with E-state index in [0.717, 1.165) is 51.3 Å². The lowest BCUT2D eigenvalue weighted by molar-refractivity contribution is 0.199. The molecule has 0 unspecified atom stereocenters. The number of rotatable bonds is 10. The Balaban J connectivity index is 2.07. The number of aromatic nitrogens is 2. The van der Waals surface area contributed by atoms with Crippen molar-refractivity contribution in [2.75, 3.05) is 33.4 Å². The number of ether oxygens (including phenoxy) is 1. The van der Waals surface area contributed by atoms with Crippen LogP contribution < -0.4 is 10.6 Å². The summed E-state index contributed by atoms with van der Waals surface area (Å²) in [5.74, 6) is 0. The summed E-state index contributed by atoms with van der Waals surface area (Å²) in [6.45, 7) is 6.61. The highest BCUT2D eigenvalue weighted by Gasteiger charge is 2.05. The van der Waals surface area contributed by atoms with E-state index in [2.05, 4.69) is 27.1 Å². The van der Waals surface area contributed by atoms with Crippen LogP contribution in [0.5, 0.6) is 0 Å². The van der Waals surface area contributed by atoms with Gasteiger partial charge < -0.3 is 15.4 Å². The Morgan fingerprint density at radius 3 is 2.82 bits per heavy atom. The summed E-state index contributed by atoms with van der Waals surface area (Å²) in [4.78, 5) is 1.27. The van der Waals surface area contributed by atoms with E-state index in [1.807, 2.05) is 0 Å². The predicted octanol–water partition coefficient (Wildman–Crippen LogP) is 0.816. The van der Waals surface area contributed by atoms with Crippen LogP contribution >= 0.6 is 11.5 Å². The molecule has 1 rings (SSSR count). The van der Waals surface area contributed by atoms with E-state index in [-0.39, 0.29) is 0 Å². The fourth-order valence-electron chi connectivity index (χ4n) is 1.47. The Labute approximate surface area is 107 Å². The molecule has 5 nitrogen and oxygen atoms in total. The normalized spacial score (nSPS) is 10.9. The van der Waals surface area contributed by atoms with Gasteiger partial charge in [-0.25, -0.2) is 0 Å². The highest BCUT2D eigenvalue weighted by molar-refractivity contribution is 7.05. The minimum Gasteiger partial charge on any atom is -0.383 e. The van der Waals surface area contributed by atoms with Crippen molar-refractivity contribution < 1.29 is 4.74 Å². The molecule has 0 aromatic carbocycles. The molecule has 1 aromatic heterocycles. The van der Waals surface area contributed by atoms with Gasteiger partial charge in [0, 0.05) is 33.3 Å². The SMILES string of the molecule is CCCc1nnsc1CNCCNCCOC. The maximum atomic E-state index is 4.95. The van der Waals surface area contributed by atoms with E-state index in [9.17, 15) is 0 Å². The van der Waals surface area contributed by atoms with Crippen molar-refractivity contribution in [3.63, 3.8) is 0 Å². The summed E-state index contributed by atoms with van der Waals surface area (Å²) in [7, 11) is 1.71. The maximum Gasteiger partial charge on any atom is 0.0800 e. The van der Waals surface area contributed by atoms with Gasteiger partial charge in [0.25, 0.3) is 0 Å². The third kappa shape index (κ3) is 6.07. The van der Waals surface area contributed by atoms with Gasteiger partial charge in [-0.1, -0.05) is 17.8 Å². The van der Waals surface area contributed by atoms with E-state index < -0.39 is 0 Å². The number of nitrogens with zero attached hydrogens (tertiary/aromatic N) is 2. The highest BCUT2D eigenvalue weighted by atomic mass is 32.1. The van der Waals surface area contributed by atoms with Gasteiger partial charge in [-0.15, -0.1) is 5.10 Å². The van der Waals surface area contributed by atoms with Gasteiger partial charge >= 0.3 is 0 Å². The van der Waals surface area contributed by atoms with Crippen molar-refractivity contribution in [3.8, 4) is 0 Å². The zero-order valence-corrected chi connectivity index (χ0v) is 11.5. The summed E-state index contributed by atoms with van der Waals surface area (Å²) in [5.41, 5.74) is 1.15. The molecule has 0 spiro atoms. The number of methoxy groups -OCH3 is 1.